The summed E-state index contributed by atoms with van der Waals surface area (Å²) in [4.78, 5) is 14.8. The average Bonchev–Trinajstić information content (AvgIpc) is 2.98. The lowest BCUT2D eigenvalue weighted by Crippen LogP contribution is -2.44. The molecule has 2 fully saturated rings. The van der Waals surface area contributed by atoms with Gasteiger partial charge in [-0.25, -0.2) is 0 Å². The molecule has 0 spiro atoms. The highest BCUT2D eigenvalue weighted by atomic mass is 35.5. The monoisotopic (exact) mass is 370 g/mol. The summed E-state index contributed by atoms with van der Waals surface area (Å²) >= 11 is 12.4. The number of carbonyl (C=O) groups is 1. The van der Waals surface area contributed by atoms with E-state index < -0.39 is 9.75 Å². The van der Waals surface area contributed by atoms with Crippen molar-refractivity contribution in [2.24, 2.45) is 5.41 Å². The summed E-state index contributed by atoms with van der Waals surface area (Å²) in [7, 11) is 0. The number of hydrogen-bond acceptors (Lipinski definition) is 3. The lowest BCUT2D eigenvalue weighted by molar-refractivity contribution is -0.137. The van der Waals surface area contributed by atoms with E-state index in [0.29, 0.717) is 13.0 Å². The van der Waals surface area contributed by atoms with Crippen LogP contribution in [0.5, 0.6) is 0 Å². The van der Waals surface area contributed by atoms with Crippen LogP contribution in [0.2, 0.25) is 0 Å². The SMILES string of the molecule is CC1(C(=O)N2CCCC(c3nnc4n3CCCCC4)C2)CC1(Cl)Cl. The molecule has 2 atom stereocenters. The van der Waals surface area contributed by atoms with Crippen LogP contribution in [-0.2, 0) is 17.8 Å². The molecule has 3 aliphatic rings. The van der Waals surface area contributed by atoms with E-state index in [0.717, 1.165) is 44.0 Å². The molecule has 2 unspecified atom stereocenters. The predicted octanol–water partition coefficient (Wildman–Crippen LogP) is 3.29. The third-order valence-electron chi connectivity index (χ3n) is 5.94. The Bertz CT molecular complexity index is 659. The van der Waals surface area contributed by atoms with Crippen molar-refractivity contribution < 1.29 is 4.79 Å². The normalized spacial score (nSPS) is 32.1. The minimum atomic E-state index is -0.900. The number of hydrogen-bond donors (Lipinski definition) is 0. The number of alkyl halides is 2. The Morgan fingerprint density at radius 1 is 1.17 bits per heavy atom. The maximum absolute atomic E-state index is 12.9. The van der Waals surface area contributed by atoms with Crippen LogP contribution in [0.1, 0.15) is 63.0 Å². The smallest absolute Gasteiger partial charge is 0.231 e. The van der Waals surface area contributed by atoms with E-state index in [2.05, 4.69) is 14.8 Å². The zero-order valence-corrected chi connectivity index (χ0v) is 15.6. The van der Waals surface area contributed by atoms with E-state index in [-0.39, 0.29) is 11.8 Å². The van der Waals surface area contributed by atoms with Gasteiger partial charge in [0.2, 0.25) is 5.91 Å². The molecule has 24 heavy (non-hydrogen) atoms. The maximum Gasteiger partial charge on any atom is 0.231 e. The second-order valence-corrected chi connectivity index (χ2v) is 9.22. The first-order valence-corrected chi connectivity index (χ1v) is 9.77. The van der Waals surface area contributed by atoms with Gasteiger partial charge in [0.15, 0.2) is 0 Å². The van der Waals surface area contributed by atoms with Gasteiger partial charge < -0.3 is 9.47 Å². The Morgan fingerprint density at radius 2 is 1.96 bits per heavy atom. The average molecular weight is 371 g/mol. The maximum atomic E-state index is 12.9. The van der Waals surface area contributed by atoms with E-state index in [4.69, 9.17) is 23.2 Å². The number of carbonyl (C=O) groups excluding carboxylic acids is 1. The van der Waals surface area contributed by atoms with E-state index in [1.807, 2.05) is 11.8 Å². The summed E-state index contributed by atoms with van der Waals surface area (Å²) in [5.41, 5.74) is -0.625. The Balaban J connectivity index is 1.52. The molecular formula is C17H24Cl2N4O. The molecule has 132 valence electrons. The first kappa shape index (κ1) is 16.6. The second-order valence-electron chi connectivity index (χ2n) is 7.74. The molecule has 7 heteroatoms. The highest BCUT2D eigenvalue weighted by molar-refractivity contribution is 6.53. The molecule has 1 aromatic heterocycles. The largest absolute Gasteiger partial charge is 0.341 e. The number of likely N-dealkylation sites (tertiary alicyclic amines) is 1. The highest BCUT2D eigenvalue weighted by Gasteiger charge is 2.68. The number of nitrogens with zero attached hydrogens (tertiary/aromatic N) is 4. The Morgan fingerprint density at radius 3 is 2.71 bits per heavy atom. The number of piperidine rings is 1. The van der Waals surface area contributed by atoms with E-state index in [1.165, 1.54) is 19.3 Å². The van der Waals surface area contributed by atoms with Crippen molar-refractivity contribution in [2.75, 3.05) is 13.1 Å². The molecule has 3 heterocycles. The molecule has 0 radical (unpaired) electrons. The quantitative estimate of drug-likeness (QED) is 0.750. The Hall–Kier alpha value is -0.810. The third-order valence-corrected chi connectivity index (χ3v) is 7.04. The van der Waals surface area contributed by atoms with E-state index in [1.54, 1.807) is 0 Å². The van der Waals surface area contributed by atoms with Crippen LogP contribution in [0.3, 0.4) is 0 Å². The summed E-state index contributed by atoms with van der Waals surface area (Å²) in [6, 6.07) is 0. The first-order valence-electron chi connectivity index (χ1n) is 9.01. The molecule has 4 rings (SSSR count). The van der Waals surface area contributed by atoms with Gasteiger partial charge in [0.1, 0.15) is 16.0 Å². The van der Waals surface area contributed by atoms with E-state index >= 15 is 0 Å². The summed E-state index contributed by atoms with van der Waals surface area (Å²) in [5, 5.41) is 8.90. The second kappa shape index (κ2) is 5.87. The molecule has 1 aromatic rings. The Labute approximate surface area is 152 Å². The van der Waals surface area contributed by atoms with Gasteiger partial charge in [-0.05, 0) is 39.0 Å². The summed E-state index contributed by atoms with van der Waals surface area (Å²) in [6.45, 7) is 4.38. The van der Waals surface area contributed by atoms with Gasteiger partial charge in [0.25, 0.3) is 0 Å². The van der Waals surface area contributed by atoms with Gasteiger partial charge in [-0.3, -0.25) is 4.79 Å². The molecule has 0 N–H and O–H groups in total. The van der Waals surface area contributed by atoms with Crippen molar-refractivity contribution in [1.29, 1.82) is 0 Å². The summed E-state index contributed by atoms with van der Waals surface area (Å²) in [5.74, 6) is 2.53. The third kappa shape index (κ3) is 2.64. The Kier molecular flexibility index (Phi) is 4.07. The topological polar surface area (TPSA) is 51.0 Å². The zero-order valence-electron chi connectivity index (χ0n) is 14.1. The molecule has 1 amide bonds. The number of aryl methyl sites for hydroxylation is 1. The number of aromatic nitrogens is 3. The van der Waals surface area contributed by atoms with Crippen LogP contribution in [0.25, 0.3) is 0 Å². The fourth-order valence-electron chi connectivity index (χ4n) is 4.16. The number of halogens is 2. The summed E-state index contributed by atoms with van der Waals surface area (Å²) < 4.78 is 1.40. The van der Waals surface area contributed by atoms with E-state index in [9.17, 15) is 4.79 Å². The molecule has 0 aromatic carbocycles. The van der Waals surface area contributed by atoms with Crippen LogP contribution in [0.4, 0.5) is 0 Å². The van der Waals surface area contributed by atoms with Crippen LogP contribution < -0.4 is 0 Å². The number of fused-ring (bicyclic) bond motifs is 1. The molecule has 1 saturated heterocycles. The van der Waals surface area contributed by atoms with Crippen molar-refractivity contribution >= 4 is 29.1 Å². The van der Waals surface area contributed by atoms with Gasteiger partial charge in [0, 0.05) is 32.0 Å². The first-order chi connectivity index (χ1) is 11.4. The van der Waals surface area contributed by atoms with Crippen LogP contribution in [0, 0.1) is 5.41 Å². The fourth-order valence-corrected chi connectivity index (χ4v) is 4.86. The van der Waals surface area contributed by atoms with Gasteiger partial charge >= 0.3 is 0 Å². The van der Waals surface area contributed by atoms with Crippen molar-refractivity contribution in [3.63, 3.8) is 0 Å². The molecule has 2 aliphatic heterocycles. The van der Waals surface area contributed by atoms with Gasteiger partial charge in [-0.2, -0.15) is 0 Å². The van der Waals surface area contributed by atoms with Crippen LogP contribution in [0.15, 0.2) is 0 Å². The zero-order chi connectivity index (χ0) is 16.9. The molecular weight excluding hydrogens is 347 g/mol. The minimum Gasteiger partial charge on any atom is -0.341 e. The standard InChI is InChI=1S/C17H24Cl2N4O/c1-16(11-17(16,18)19)15(24)22-8-5-6-12(10-22)14-21-20-13-7-3-2-4-9-23(13)14/h12H,2-11H2,1H3. The van der Waals surface area contributed by atoms with Gasteiger partial charge in [0.05, 0.1) is 5.41 Å². The van der Waals surface area contributed by atoms with Gasteiger partial charge in [-0.15, -0.1) is 33.4 Å². The van der Waals surface area contributed by atoms with Crippen LogP contribution in [-0.4, -0.2) is 43.0 Å². The predicted molar refractivity (Wildman–Crippen MR) is 93.3 cm³/mol. The fraction of sp³-hybridized carbons (Fsp3) is 0.824. The lowest BCUT2D eigenvalue weighted by atomic mass is 9.95. The molecule has 5 nitrogen and oxygen atoms in total. The van der Waals surface area contributed by atoms with Crippen molar-refractivity contribution in [3.8, 4) is 0 Å². The van der Waals surface area contributed by atoms with Crippen LogP contribution >= 0.6 is 23.2 Å². The lowest BCUT2D eigenvalue weighted by Gasteiger charge is -2.34. The highest BCUT2D eigenvalue weighted by Crippen LogP contribution is 2.64. The molecule has 0 bridgehead atoms. The number of amides is 1. The molecule has 1 saturated carbocycles. The van der Waals surface area contributed by atoms with Crippen molar-refractivity contribution in [1.82, 2.24) is 19.7 Å². The van der Waals surface area contributed by atoms with Crippen molar-refractivity contribution in [3.05, 3.63) is 11.6 Å². The molecule has 1 aliphatic carbocycles. The van der Waals surface area contributed by atoms with Gasteiger partial charge in [-0.1, -0.05) is 6.42 Å². The number of rotatable bonds is 2. The minimum absolute atomic E-state index is 0.0906. The van der Waals surface area contributed by atoms with Crippen molar-refractivity contribution in [2.45, 2.75) is 68.7 Å². The summed E-state index contributed by atoms with van der Waals surface area (Å²) in [6.07, 6.45) is 7.25.